The summed E-state index contributed by atoms with van der Waals surface area (Å²) < 4.78 is 10.4. The molecule has 0 atom stereocenters. The number of thioether (sulfide) groups is 1. The topological polar surface area (TPSA) is 126 Å². The number of likely N-dealkylation sites (N-methyl/N-ethyl adjacent to an activating group) is 1. The number of carbonyl (C=O) groups is 3. The lowest BCUT2D eigenvalue weighted by Crippen LogP contribution is -2.23. The number of aromatic carboxylic acids is 1. The van der Waals surface area contributed by atoms with Crippen LogP contribution in [0, 0.1) is 0 Å². The fraction of sp³-hybridized carbons (Fsp3) is 0.143. The molecule has 9 nitrogen and oxygen atoms in total. The second-order valence-corrected chi connectivity index (χ2v) is 7.85. The van der Waals surface area contributed by atoms with Crippen molar-refractivity contribution < 1.29 is 34.1 Å². The van der Waals surface area contributed by atoms with Crippen LogP contribution in [0.3, 0.4) is 0 Å². The number of carboxylic acids is 2. The van der Waals surface area contributed by atoms with Crippen molar-refractivity contribution >= 4 is 58.1 Å². The van der Waals surface area contributed by atoms with Gasteiger partial charge in [0.05, 0.1) is 28.3 Å². The van der Waals surface area contributed by atoms with Crippen LogP contribution in [0.5, 0.6) is 11.5 Å². The van der Waals surface area contributed by atoms with Crippen LogP contribution in [0.2, 0.25) is 5.02 Å². The Morgan fingerprint density at radius 2 is 1.94 bits per heavy atom. The fourth-order valence-electron chi connectivity index (χ4n) is 2.69. The Kier molecular flexibility index (Phi) is 7.06. The summed E-state index contributed by atoms with van der Waals surface area (Å²) in [5.74, 6) is -1.99. The third-order valence-corrected chi connectivity index (χ3v) is 5.63. The van der Waals surface area contributed by atoms with Crippen LogP contribution in [-0.2, 0) is 9.59 Å². The summed E-state index contributed by atoms with van der Waals surface area (Å²) in [7, 11) is 2.98. The van der Waals surface area contributed by atoms with Crippen molar-refractivity contribution in [3.63, 3.8) is 0 Å². The molecule has 0 spiro atoms. The minimum atomic E-state index is -1.18. The highest BCUT2D eigenvalue weighted by Crippen LogP contribution is 2.35. The average molecular weight is 477 g/mol. The maximum Gasteiger partial charge on any atom is 0.341 e. The smallest absolute Gasteiger partial charge is 0.341 e. The number of carbonyl (C=O) groups excluding carboxylic acids is 1. The van der Waals surface area contributed by atoms with E-state index in [0.717, 1.165) is 11.8 Å². The number of benzene rings is 2. The predicted molar refractivity (Wildman–Crippen MR) is 120 cm³/mol. The Morgan fingerprint density at radius 1 is 1.19 bits per heavy atom. The minimum absolute atomic E-state index is 0.0847. The van der Waals surface area contributed by atoms with Gasteiger partial charge in [-0.1, -0.05) is 17.7 Å². The van der Waals surface area contributed by atoms with Crippen molar-refractivity contribution in [3.05, 3.63) is 57.5 Å². The molecule has 1 fully saturated rings. The van der Waals surface area contributed by atoms with Crippen LogP contribution in [-0.4, -0.2) is 58.9 Å². The van der Waals surface area contributed by atoms with Gasteiger partial charge >= 0.3 is 11.9 Å². The number of nitrogens with zero attached hydrogens (tertiary/aromatic N) is 2. The molecule has 0 bridgehead atoms. The van der Waals surface area contributed by atoms with Gasteiger partial charge in [0.1, 0.15) is 0 Å². The van der Waals surface area contributed by atoms with Crippen LogP contribution >= 0.6 is 23.4 Å². The lowest BCUT2D eigenvalue weighted by atomic mass is 10.2. The molecule has 1 amide bonds. The van der Waals surface area contributed by atoms with E-state index in [1.807, 2.05) is 0 Å². The number of rotatable bonds is 7. The summed E-state index contributed by atoms with van der Waals surface area (Å²) in [4.78, 5) is 40.7. The Bertz CT molecular complexity index is 1160. The number of methoxy groups -OCH3 is 1. The van der Waals surface area contributed by atoms with Crippen LogP contribution < -0.4 is 9.47 Å². The molecule has 0 radical (unpaired) electrons. The first-order valence-electron chi connectivity index (χ1n) is 9.01. The summed E-state index contributed by atoms with van der Waals surface area (Å²) in [6.45, 7) is -0.510. The molecule has 3 rings (SSSR count). The molecular formula is C21H17ClN2O7S. The third kappa shape index (κ3) is 5.21. The first kappa shape index (κ1) is 23.2. The standard InChI is InChI=1S/C21H17ClN2O7S/c1-24-19(27)17(8-11-3-6-15(16(7-11)30-2)31-10-18(25)26)32-21(24)23-12-4-5-14(22)13(9-12)20(28)29/h3-9H,10H2,1-2H3,(H,25,26)(H,28,29)/b17-8-,23-21?. The number of aliphatic carboxylic acids is 1. The van der Waals surface area contributed by atoms with E-state index in [1.54, 1.807) is 37.4 Å². The molecule has 0 aromatic heterocycles. The van der Waals surface area contributed by atoms with Crippen molar-refractivity contribution in [2.75, 3.05) is 20.8 Å². The SMILES string of the molecule is COc1cc(/C=C2\SC(=Nc3ccc(Cl)c(C(=O)O)c3)N(C)C2=O)ccc1OCC(=O)O. The number of hydrogen-bond donors (Lipinski definition) is 2. The zero-order chi connectivity index (χ0) is 23.4. The molecule has 1 aliphatic rings. The van der Waals surface area contributed by atoms with Crippen molar-refractivity contribution in [1.29, 1.82) is 0 Å². The van der Waals surface area contributed by atoms with E-state index in [-0.39, 0.29) is 22.2 Å². The molecule has 11 heteroatoms. The van der Waals surface area contributed by atoms with Crippen LogP contribution in [0.25, 0.3) is 6.08 Å². The summed E-state index contributed by atoms with van der Waals surface area (Å²) in [6, 6.07) is 9.16. The van der Waals surface area contributed by atoms with Crippen molar-refractivity contribution in [2.45, 2.75) is 0 Å². The number of amides is 1. The fourth-order valence-corrected chi connectivity index (χ4v) is 3.88. The Hall–Kier alpha value is -3.50. The molecule has 166 valence electrons. The van der Waals surface area contributed by atoms with E-state index in [2.05, 4.69) is 4.99 Å². The van der Waals surface area contributed by atoms with Gasteiger partial charge in [-0.05, 0) is 53.7 Å². The van der Waals surface area contributed by atoms with Gasteiger partial charge in [-0.25, -0.2) is 14.6 Å². The van der Waals surface area contributed by atoms with Crippen molar-refractivity contribution in [2.24, 2.45) is 4.99 Å². The number of halogens is 1. The van der Waals surface area contributed by atoms with E-state index in [4.69, 9.17) is 26.2 Å². The summed E-state index contributed by atoms with van der Waals surface area (Å²) in [6.07, 6.45) is 1.64. The van der Waals surface area contributed by atoms with E-state index in [0.29, 0.717) is 27.1 Å². The Labute approximate surface area is 191 Å². The van der Waals surface area contributed by atoms with Crippen molar-refractivity contribution in [3.8, 4) is 11.5 Å². The molecule has 32 heavy (non-hydrogen) atoms. The number of hydrogen-bond acceptors (Lipinski definition) is 7. The quantitative estimate of drug-likeness (QED) is 0.579. The van der Waals surface area contributed by atoms with Gasteiger partial charge in [0.15, 0.2) is 23.3 Å². The second kappa shape index (κ2) is 9.75. The Morgan fingerprint density at radius 3 is 2.59 bits per heavy atom. The van der Waals surface area contributed by atoms with Crippen LogP contribution in [0.4, 0.5) is 5.69 Å². The molecule has 0 aliphatic carbocycles. The predicted octanol–water partition coefficient (Wildman–Crippen LogP) is 3.74. The van der Waals surface area contributed by atoms with Gasteiger partial charge in [-0.15, -0.1) is 0 Å². The normalized spacial score (nSPS) is 16.0. The van der Waals surface area contributed by atoms with E-state index < -0.39 is 18.5 Å². The molecule has 1 aliphatic heterocycles. The maximum absolute atomic E-state index is 12.7. The van der Waals surface area contributed by atoms with Gasteiger partial charge < -0.3 is 19.7 Å². The minimum Gasteiger partial charge on any atom is -0.493 e. The lowest BCUT2D eigenvalue weighted by Gasteiger charge is -2.10. The van der Waals surface area contributed by atoms with Gasteiger partial charge in [0.2, 0.25) is 0 Å². The molecule has 1 saturated heterocycles. The lowest BCUT2D eigenvalue weighted by molar-refractivity contribution is -0.139. The third-order valence-electron chi connectivity index (χ3n) is 4.25. The van der Waals surface area contributed by atoms with Gasteiger partial charge in [0.25, 0.3) is 5.91 Å². The van der Waals surface area contributed by atoms with E-state index >= 15 is 0 Å². The van der Waals surface area contributed by atoms with E-state index in [1.165, 1.54) is 24.1 Å². The summed E-state index contributed by atoms with van der Waals surface area (Å²) in [5.41, 5.74) is 0.894. The van der Waals surface area contributed by atoms with Crippen LogP contribution in [0.1, 0.15) is 15.9 Å². The van der Waals surface area contributed by atoms with Crippen molar-refractivity contribution in [1.82, 2.24) is 4.90 Å². The number of ether oxygens (including phenoxy) is 2. The second-order valence-electron chi connectivity index (χ2n) is 6.43. The highest BCUT2D eigenvalue weighted by Gasteiger charge is 2.30. The summed E-state index contributed by atoms with van der Waals surface area (Å²) >= 11 is 7.01. The molecule has 0 unspecified atom stereocenters. The average Bonchev–Trinajstić information content (AvgIpc) is 3.01. The maximum atomic E-state index is 12.7. The van der Waals surface area contributed by atoms with Crippen LogP contribution in [0.15, 0.2) is 46.3 Å². The molecular weight excluding hydrogens is 460 g/mol. The highest BCUT2D eigenvalue weighted by molar-refractivity contribution is 8.18. The largest absolute Gasteiger partial charge is 0.493 e. The van der Waals surface area contributed by atoms with Gasteiger partial charge in [-0.3, -0.25) is 9.69 Å². The zero-order valence-corrected chi connectivity index (χ0v) is 18.4. The molecule has 2 N–H and O–H groups in total. The highest BCUT2D eigenvalue weighted by atomic mass is 35.5. The first-order chi connectivity index (χ1) is 15.2. The first-order valence-corrected chi connectivity index (χ1v) is 10.2. The molecule has 1 heterocycles. The monoisotopic (exact) mass is 476 g/mol. The number of carboxylic acid groups (broad SMARTS) is 2. The number of aliphatic imine (C=N–C) groups is 1. The molecule has 2 aromatic carbocycles. The van der Waals surface area contributed by atoms with Gasteiger partial charge in [-0.2, -0.15) is 0 Å². The Balaban J connectivity index is 1.87. The number of amidine groups is 1. The zero-order valence-electron chi connectivity index (χ0n) is 16.9. The van der Waals surface area contributed by atoms with E-state index in [9.17, 15) is 19.5 Å². The van der Waals surface area contributed by atoms with Gasteiger partial charge in [0, 0.05) is 7.05 Å². The molecule has 2 aromatic rings. The molecule has 0 saturated carbocycles. The summed E-state index contributed by atoms with van der Waals surface area (Å²) in [5, 5.41) is 18.4.